The van der Waals surface area contributed by atoms with Crippen molar-refractivity contribution < 1.29 is 14.7 Å². The third-order valence-electron chi connectivity index (χ3n) is 2.92. The van der Waals surface area contributed by atoms with Crippen LogP contribution in [0.25, 0.3) is 0 Å². The molecule has 1 fully saturated rings. The lowest BCUT2D eigenvalue weighted by molar-refractivity contribution is -0.120. The van der Waals surface area contributed by atoms with Crippen LogP contribution in [-0.2, 0) is 4.79 Å². The van der Waals surface area contributed by atoms with Crippen LogP contribution in [0, 0.1) is 6.92 Å². The molecule has 98 valence electrons. The fourth-order valence-corrected chi connectivity index (χ4v) is 2.90. The molecule has 5 nitrogen and oxygen atoms in total. The van der Waals surface area contributed by atoms with Crippen LogP contribution < -0.4 is 5.32 Å². The predicted octanol–water partition coefficient (Wildman–Crippen LogP) is 0.378. The molecule has 2 atom stereocenters. The van der Waals surface area contributed by atoms with E-state index in [2.05, 4.69) is 5.32 Å². The first kappa shape index (κ1) is 13.0. The van der Waals surface area contributed by atoms with Crippen LogP contribution in [0.15, 0.2) is 12.1 Å². The molecule has 0 unspecified atom stereocenters. The van der Waals surface area contributed by atoms with Crippen LogP contribution >= 0.6 is 11.3 Å². The molecule has 2 amide bonds. The first-order valence-electron chi connectivity index (χ1n) is 5.78. The van der Waals surface area contributed by atoms with Gasteiger partial charge in [-0.25, -0.2) is 0 Å². The van der Waals surface area contributed by atoms with Gasteiger partial charge in [-0.1, -0.05) is 0 Å². The average molecular weight is 268 g/mol. The largest absolute Gasteiger partial charge is 0.389 e. The smallest absolute Gasteiger partial charge is 0.264 e. The second kappa shape index (κ2) is 5.07. The van der Waals surface area contributed by atoms with Gasteiger partial charge in [0.1, 0.15) is 0 Å². The maximum absolute atomic E-state index is 12.1. The van der Waals surface area contributed by atoms with Crippen LogP contribution in [0.3, 0.4) is 0 Å². The number of β-amino-alcohol motifs (C(OH)–C–C–N with tert-alkyl or cyclic N) is 1. The number of nitrogens with zero attached hydrogens (tertiary/aromatic N) is 1. The molecule has 1 aliphatic rings. The molecule has 1 aromatic rings. The highest BCUT2D eigenvalue weighted by molar-refractivity contribution is 7.13. The topological polar surface area (TPSA) is 69.6 Å². The summed E-state index contributed by atoms with van der Waals surface area (Å²) >= 11 is 1.44. The van der Waals surface area contributed by atoms with Gasteiger partial charge in [0.15, 0.2) is 0 Å². The number of carbonyl (C=O) groups excluding carboxylic acids is 2. The Hall–Kier alpha value is -1.40. The highest BCUT2D eigenvalue weighted by Crippen LogP contribution is 2.20. The van der Waals surface area contributed by atoms with Crippen molar-refractivity contribution in [3.63, 3.8) is 0 Å². The van der Waals surface area contributed by atoms with E-state index < -0.39 is 6.10 Å². The van der Waals surface area contributed by atoms with Crippen LogP contribution in [0.4, 0.5) is 0 Å². The van der Waals surface area contributed by atoms with Crippen LogP contribution in [0.5, 0.6) is 0 Å². The molecule has 6 heteroatoms. The zero-order valence-corrected chi connectivity index (χ0v) is 11.2. The Balaban J connectivity index is 2.03. The summed E-state index contributed by atoms with van der Waals surface area (Å²) in [5.74, 6) is -0.277. The minimum absolute atomic E-state index is 0.0833. The summed E-state index contributed by atoms with van der Waals surface area (Å²) in [6.45, 7) is 3.97. The molecule has 0 aromatic carbocycles. The van der Waals surface area contributed by atoms with Crippen LogP contribution in [-0.4, -0.2) is 47.1 Å². The zero-order valence-electron chi connectivity index (χ0n) is 10.3. The number of nitrogens with one attached hydrogen (secondary N) is 1. The fourth-order valence-electron chi connectivity index (χ4n) is 2.06. The van der Waals surface area contributed by atoms with Crippen LogP contribution in [0.1, 0.15) is 21.5 Å². The Labute approximate surface area is 109 Å². The van der Waals surface area contributed by atoms with E-state index in [0.29, 0.717) is 11.4 Å². The van der Waals surface area contributed by atoms with Crippen molar-refractivity contribution in [1.82, 2.24) is 10.2 Å². The molecule has 0 radical (unpaired) electrons. The number of hydrogen-bond acceptors (Lipinski definition) is 4. The Bertz CT molecular complexity index is 472. The molecular weight excluding hydrogens is 252 g/mol. The van der Waals surface area contributed by atoms with Gasteiger partial charge in [0.2, 0.25) is 5.91 Å². The monoisotopic (exact) mass is 268 g/mol. The van der Waals surface area contributed by atoms with E-state index in [1.165, 1.54) is 18.3 Å². The maximum atomic E-state index is 12.1. The minimum atomic E-state index is -0.695. The van der Waals surface area contributed by atoms with E-state index in [4.69, 9.17) is 0 Å². The normalized spacial score (nSPS) is 23.2. The summed E-state index contributed by atoms with van der Waals surface area (Å²) in [4.78, 5) is 26.5. The Kier molecular flexibility index (Phi) is 3.68. The third-order valence-corrected chi connectivity index (χ3v) is 3.90. The van der Waals surface area contributed by atoms with Gasteiger partial charge < -0.3 is 15.3 Å². The number of thiophene rings is 1. The van der Waals surface area contributed by atoms with Gasteiger partial charge in [0.25, 0.3) is 5.91 Å². The van der Waals surface area contributed by atoms with E-state index >= 15 is 0 Å². The van der Waals surface area contributed by atoms with Crippen molar-refractivity contribution in [1.29, 1.82) is 0 Å². The van der Waals surface area contributed by atoms with Crippen molar-refractivity contribution in [3.8, 4) is 0 Å². The lowest BCUT2D eigenvalue weighted by Gasteiger charge is -2.15. The third kappa shape index (κ3) is 2.70. The second-order valence-electron chi connectivity index (χ2n) is 4.49. The van der Waals surface area contributed by atoms with Gasteiger partial charge in [-0.15, -0.1) is 11.3 Å². The fraction of sp³-hybridized carbons (Fsp3) is 0.500. The first-order valence-corrected chi connectivity index (χ1v) is 6.60. The van der Waals surface area contributed by atoms with Crippen molar-refractivity contribution in [2.45, 2.75) is 26.0 Å². The molecule has 2 rings (SSSR count). The number of amides is 2. The molecule has 2 N–H and O–H groups in total. The molecule has 1 saturated heterocycles. The molecule has 1 aromatic heterocycles. The lowest BCUT2D eigenvalue weighted by Crippen LogP contribution is -2.41. The highest BCUT2D eigenvalue weighted by Gasteiger charge is 2.35. The van der Waals surface area contributed by atoms with Gasteiger partial charge in [0, 0.05) is 24.9 Å². The number of carbonyl (C=O) groups is 2. The van der Waals surface area contributed by atoms with Crippen molar-refractivity contribution in [2.24, 2.45) is 0 Å². The first-order chi connectivity index (χ1) is 8.47. The van der Waals surface area contributed by atoms with E-state index in [1.807, 2.05) is 13.0 Å². The molecule has 0 bridgehead atoms. The van der Waals surface area contributed by atoms with E-state index in [9.17, 15) is 14.7 Å². The molecule has 1 aliphatic heterocycles. The number of rotatable bonds is 2. The Morgan fingerprint density at radius 2 is 2.17 bits per heavy atom. The Morgan fingerprint density at radius 3 is 2.72 bits per heavy atom. The second-order valence-corrected chi connectivity index (χ2v) is 5.78. The molecular formula is C12H16N2O3S. The minimum Gasteiger partial charge on any atom is -0.389 e. The highest BCUT2D eigenvalue weighted by atomic mass is 32.1. The van der Waals surface area contributed by atoms with Gasteiger partial charge in [-0.3, -0.25) is 9.59 Å². The number of aliphatic hydroxyl groups is 1. The number of aliphatic hydroxyl groups excluding tert-OH is 1. The summed E-state index contributed by atoms with van der Waals surface area (Å²) in [7, 11) is 0. The number of hydrogen-bond donors (Lipinski definition) is 2. The predicted molar refractivity (Wildman–Crippen MR) is 68.6 cm³/mol. The summed E-state index contributed by atoms with van der Waals surface area (Å²) < 4.78 is 0. The SMILES string of the molecule is CC(=O)N[C@@H]1CN(C(=O)c2ccc(C)s2)C[C@H]1O. The van der Waals surface area contributed by atoms with Gasteiger partial charge >= 0.3 is 0 Å². The molecule has 0 spiro atoms. The zero-order chi connectivity index (χ0) is 13.3. The summed E-state index contributed by atoms with van der Waals surface area (Å²) in [6.07, 6.45) is -0.695. The molecule has 0 saturated carbocycles. The maximum Gasteiger partial charge on any atom is 0.264 e. The molecule has 18 heavy (non-hydrogen) atoms. The number of likely N-dealkylation sites (tertiary alicyclic amines) is 1. The average Bonchev–Trinajstić information content (AvgIpc) is 2.85. The quantitative estimate of drug-likeness (QED) is 0.814. The van der Waals surface area contributed by atoms with Crippen molar-refractivity contribution >= 4 is 23.2 Å². The molecule has 2 heterocycles. The standard InChI is InChI=1S/C12H16N2O3S/c1-7-3-4-11(18-7)12(17)14-5-9(10(16)6-14)13-8(2)15/h3-4,9-10,16H,5-6H2,1-2H3,(H,13,15)/t9-,10-/m1/s1. The van der Waals surface area contributed by atoms with Gasteiger partial charge in [-0.2, -0.15) is 0 Å². The summed E-state index contributed by atoms with van der Waals surface area (Å²) in [6, 6.07) is 3.32. The number of aryl methyl sites for hydroxylation is 1. The molecule has 0 aliphatic carbocycles. The van der Waals surface area contributed by atoms with Gasteiger partial charge in [-0.05, 0) is 19.1 Å². The summed E-state index contributed by atoms with van der Waals surface area (Å²) in [5.41, 5.74) is 0. The van der Waals surface area contributed by atoms with Gasteiger partial charge in [0.05, 0.1) is 17.0 Å². The van der Waals surface area contributed by atoms with E-state index in [-0.39, 0.29) is 24.4 Å². The van der Waals surface area contributed by atoms with E-state index in [0.717, 1.165) is 4.88 Å². The summed E-state index contributed by atoms with van der Waals surface area (Å²) in [5, 5.41) is 12.5. The van der Waals surface area contributed by atoms with Crippen molar-refractivity contribution in [3.05, 3.63) is 21.9 Å². The van der Waals surface area contributed by atoms with Crippen LogP contribution in [0.2, 0.25) is 0 Å². The van der Waals surface area contributed by atoms with Crippen molar-refractivity contribution in [2.75, 3.05) is 13.1 Å². The lowest BCUT2D eigenvalue weighted by atomic mass is 10.2. The van der Waals surface area contributed by atoms with E-state index in [1.54, 1.807) is 11.0 Å². The Morgan fingerprint density at radius 1 is 1.44 bits per heavy atom.